The van der Waals surface area contributed by atoms with Crippen molar-refractivity contribution >= 4 is 40.2 Å². The van der Waals surface area contributed by atoms with Gasteiger partial charge < -0.3 is 15.0 Å². The molecule has 2 aliphatic heterocycles. The van der Waals surface area contributed by atoms with Gasteiger partial charge >= 0.3 is 0 Å². The highest BCUT2D eigenvalue weighted by Gasteiger charge is 2.26. The maximum atomic E-state index is 13.5. The fraction of sp³-hybridized carbons (Fsp3) is 0.611. The number of unbranched alkanes of at least 4 members (excludes halogenated alkanes) is 3. The van der Waals surface area contributed by atoms with Crippen molar-refractivity contribution < 1.29 is 19.2 Å². The number of ketones is 1. The van der Waals surface area contributed by atoms with Crippen LogP contribution < -0.4 is 21.3 Å². The molecule has 264 valence electrons. The Morgan fingerprint density at radius 2 is 1.73 bits per heavy atom. The fourth-order valence-corrected chi connectivity index (χ4v) is 7.26. The Morgan fingerprint density at radius 3 is 2.45 bits per heavy atom. The average Bonchev–Trinajstić information content (AvgIpc) is 3.64. The number of aryl methyl sites for hydroxylation is 1. The average molecular weight is 675 g/mol. The first-order chi connectivity index (χ1) is 23.9. The van der Waals surface area contributed by atoms with Crippen LogP contribution >= 0.6 is 0 Å². The molecule has 1 amide bonds. The maximum Gasteiger partial charge on any atom is 0.263 e. The lowest BCUT2D eigenvalue weighted by Crippen LogP contribution is -2.46. The van der Waals surface area contributed by atoms with Crippen molar-refractivity contribution in [3.8, 4) is 0 Å². The molecule has 3 aromatic heterocycles. The van der Waals surface area contributed by atoms with E-state index in [-0.39, 0.29) is 35.1 Å². The van der Waals surface area contributed by atoms with Crippen LogP contribution in [0.25, 0.3) is 11.0 Å². The van der Waals surface area contributed by atoms with Crippen LogP contribution in [0.4, 0.5) is 17.5 Å². The molecule has 1 atom stereocenters. The number of carbonyl (C=O) groups is 2. The zero-order valence-electron chi connectivity index (χ0n) is 28.9. The van der Waals surface area contributed by atoms with Crippen molar-refractivity contribution in [2.24, 2.45) is 0 Å². The molecule has 13 heteroatoms. The van der Waals surface area contributed by atoms with E-state index < -0.39 is 0 Å². The van der Waals surface area contributed by atoms with Gasteiger partial charge in [-0.05, 0) is 76.6 Å². The summed E-state index contributed by atoms with van der Waals surface area (Å²) in [5.74, 6) is 0.685. The van der Waals surface area contributed by atoms with Crippen molar-refractivity contribution in [2.75, 3.05) is 49.5 Å². The Balaban J connectivity index is 0.949. The number of Topliss-reactive ketones (excluding diaryl/α,β-unsaturated/α-hetero) is 1. The molecule has 13 nitrogen and oxygen atoms in total. The molecule has 3 aromatic rings. The third kappa shape index (κ3) is 8.81. The first-order valence-corrected chi connectivity index (χ1v) is 18.1. The van der Waals surface area contributed by atoms with E-state index >= 15 is 0 Å². The number of fused-ring (bicyclic) bond motifs is 1. The van der Waals surface area contributed by atoms with Crippen LogP contribution in [0.5, 0.6) is 0 Å². The van der Waals surface area contributed by atoms with Gasteiger partial charge in [0.1, 0.15) is 11.5 Å². The lowest BCUT2D eigenvalue weighted by molar-refractivity contribution is -0.200. The van der Waals surface area contributed by atoms with Crippen LogP contribution in [0.1, 0.15) is 106 Å². The molecule has 1 aliphatic carbocycles. The SMILES string of the molecule is CC(=O)c1c(C)c2cnc(Nc3ccc(N4CCN(CCCCCCC(=O)NOC5CCCCO5)CC4)cn3)nc2n(C2CCCC2)c1=O. The number of hydrogen-bond acceptors (Lipinski definition) is 11. The maximum absolute atomic E-state index is 13.5. The monoisotopic (exact) mass is 674 g/mol. The number of amides is 1. The summed E-state index contributed by atoms with van der Waals surface area (Å²) in [6.07, 6.45) is 14.7. The molecule has 2 N–H and O–H groups in total. The van der Waals surface area contributed by atoms with Crippen molar-refractivity contribution in [2.45, 2.75) is 103 Å². The number of nitrogens with zero attached hydrogens (tertiary/aromatic N) is 6. The second-order valence-electron chi connectivity index (χ2n) is 13.6. The van der Waals surface area contributed by atoms with E-state index in [0.717, 1.165) is 114 Å². The van der Waals surface area contributed by atoms with Crippen LogP contribution in [0.2, 0.25) is 0 Å². The number of piperazine rings is 1. The number of pyridine rings is 2. The van der Waals surface area contributed by atoms with E-state index in [9.17, 15) is 14.4 Å². The molecule has 0 radical (unpaired) electrons. The van der Waals surface area contributed by atoms with Gasteiger partial charge in [-0.15, -0.1) is 0 Å². The van der Waals surface area contributed by atoms with Crippen molar-refractivity contribution in [3.63, 3.8) is 0 Å². The Hall–Kier alpha value is -3.94. The fourth-order valence-electron chi connectivity index (χ4n) is 7.26. The highest BCUT2D eigenvalue weighted by atomic mass is 16.8. The molecule has 6 rings (SSSR count). The Kier molecular flexibility index (Phi) is 11.9. The number of rotatable bonds is 14. The summed E-state index contributed by atoms with van der Waals surface area (Å²) < 4.78 is 7.19. The van der Waals surface area contributed by atoms with Gasteiger partial charge in [-0.25, -0.2) is 20.3 Å². The molecular formula is C36H50N8O5. The molecule has 1 saturated carbocycles. The summed E-state index contributed by atoms with van der Waals surface area (Å²) in [5.41, 5.74) is 4.77. The molecule has 49 heavy (non-hydrogen) atoms. The summed E-state index contributed by atoms with van der Waals surface area (Å²) in [6.45, 7) is 8.89. The molecular weight excluding hydrogens is 624 g/mol. The van der Waals surface area contributed by atoms with Crippen molar-refractivity contribution in [3.05, 3.63) is 46.0 Å². The molecule has 1 unspecified atom stereocenters. The highest BCUT2D eigenvalue weighted by molar-refractivity contribution is 5.99. The molecule has 2 saturated heterocycles. The van der Waals surface area contributed by atoms with Gasteiger partial charge in [0.05, 0.1) is 17.4 Å². The lowest BCUT2D eigenvalue weighted by atomic mass is 10.0. The van der Waals surface area contributed by atoms with Gasteiger partial charge in [0.2, 0.25) is 11.9 Å². The second kappa shape index (κ2) is 16.6. The third-order valence-electron chi connectivity index (χ3n) is 10.0. The number of hydrogen-bond donors (Lipinski definition) is 2. The molecule has 5 heterocycles. The highest BCUT2D eigenvalue weighted by Crippen LogP contribution is 2.32. The van der Waals surface area contributed by atoms with Crippen molar-refractivity contribution in [1.82, 2.24) is 29.9 Å². The van der Waals surface area contributed by atoms with E-state index in [1.807, 2.05) is 12.3 Å². The van der Waals surface area contributed by atoms with E-state index in [2.05, 4.69) is 36.6 Å². The van der Waals surface area contributed by atoms with Gasteiger partial charge in [0.25, 0.3) is 5.56 Å². The predicted octanol–water partition coefficient (Wildman–Crippen LogP) is 5.20. The zero-order chi connectivity index (χ0) is 34.2. The summed E-state index contributed by atoms with van der Waals surface area (Å²) in [5, 5.41) is 3.94. The first-order valence-electron chi connectivity index (χ1n) is 18.1. The summed E-state index contributed by atoms with van der Waals surface area (Å²) in [7, 11) is 0. The Labute approximate surface area is 287 Å². The van der Waals surface area contributed by atoms with E-state index in [4.69, 9.17) is 14.6 Å². The smallest absolute Gasteiger partial charge is 0.263 e. The van der Waals surface area contributed by atoms with E-state index in [0.29, 0.717) is 36.0 Å². The summed E-state index contributed by atoms with van der Waals surface area (Å²) in [6, 6.07) is 4.02. The minimum atomic E-state index is -0.304. The van der Waals surface area contributed by atoms with Crippen LogP contribution in [0.3, 0.4) is 0 Å². The normalized spacial score (nSPS) is 19.0. The van der Waals surface area contributed by atoms with Gasteiger partial charge in [0, 0.05) is 63.3 Å². The zero-order valence-corrected chi connectivity index (χ0v) is 28.9. The molecule has 0 bridgehead atoms. The lowest BCUT2D eigenvalue weighted by Gasteiger charge is -2.36. The number of ether oxygens (including phenoxy) is 1. The van der Waals surface area contributed by atoms with Crippen LogP contribution in [-0.4, -0.2) is 81.7 Å². The minimum absolute atomic E-state index is 0.0294. The molecule has 0 spiro atoms. The number of nitrogens with one attached hydrogen (secondary N) is 2. The van der Waals surface area contributed by atoms with E-state index in [1.165, 1.54) is 6.92 Å². The summed E-state index contributed by atoms with van der Waals surface area (Å²) >= 11 is 0. The second-order valence-corrected chi connectivity index (χ2v) is 13.6. The van der Waals surface area contributed by atoms with Gasteiger partial charge in [-0.2, -0.15) is 4.98 Å². The number of anilines is 3. The Bertz CT molecular complexity index is 1640. The number of aromatic nitrogens is 4. The first kappa shape index (κ1) is 34.9. The molecule has 3 fully saturated rings. The van der Waals surface area contributed by atoms with Crippen LogP contribution in [0, 0.1) is 6.92 Å². The minimum Gasteiger partial charge on any atom is -0.368 e. The van der Waals surface area contributed by atoms with Crippen LogP contribution in [0.15, 0.2) is 29.3 Å². The quantitative estimate of drug-likeness (QED) is 0.132. The predicted molar refractivity (Wildman–Crippen MR) is 188 cm³/mol. The Morgan fingerprint density at radius 1 is 0.959 bits per heavy atom. The molecule has 3 aliphatic rings. The summed E-state index contributed by atoms with van der Waals surface area (Å²) in [4.78, 5) is 62.1. The topological polar surface area (TPSA) is 144 Å². The number of carbonyl (C=O) groups excluding carboxylic acids is 2. The van der Waals surface area contributed by atoms with Crippen molar-refractivity contribution in [1.29, 1.82) is 0 Å². The van der Waals surface area contributed by atoms with Gasteiger partial charge in [-0.3, -0.25) is 23.9 Å². The van der Waals surface area contributed by atoms with Gasteiger partial charge in [0.15, 0.2) is 12.1 Å². The third-order valence-corrected chi connectivity index (χ3v) is 10.0. The van der Waals surface area contributed by atoms with E-state index in [1.54, 1.807) is 17.7 Å². The number of hydroxylamine groups is 1. The molecule has 0 aromatic carbocycles. The standard InChI is InChI=1S/C36H50N8O5/c1-25-29-24-38-36(40-34(29)44(27-11-6-7-12-27)35(47)33(25)26(2)45)39-30-16-15-28(23-37-30)43-20-18-42(19-21-43)17-9-4-3-5-13-31(46)41-49-32-14-8-10-22-48-32/h15-16,23-24,27,32H,3-14,17-22H2,1-2H3,(H,41,46)(H,37,38,39,40). The van der Waals surface area contributed by atoms with Crippen LogP contribution in [-0.2, 0) is 14.4 Å². The van der Waals surface area contributed by atoms with Gasteiger partial charge in [-0.1, -0.05) is 25.7 Å². The largest absolute Gasteiger partial charge is 0.368 e.